The Bertz CT molecular complexity index is 96.2. The van der Waals surface area contributed by atoms with Gasteiger partial charge in [-0.15, -0.1) is 0 Å². The van der Waals surface area contributed by atoms with Crippen LogP contribution in [0.3, 0.4) is 0 Å². The quantitative estimate of drug-likeness (QED) is 0.608. The lowest BCUT2D eigenvalue weighted by Gasteiger charge is -2.28. The zero-order valence-electron chi connectivity index (χ0n) is 8.15. The summed E-state index contributed by atoms with van der Waals surface area (Å²) in [6, 6.07) is 0.508. The van der Waals surface area contributed by atoms with Crippen molar-refractivity contribution in [1.29, 1.82) is 0 Å². The highest BCUT2D eigenvalue weighted by Crippen LogP contribution is 2.17. The van der Waals surface area contributed by atoms with Gasteiger partial charge in [-0.05, 0) is 25.3 Å². The van der Waals surface area contributed by atoms with Crippen molar-refractivity contribution >= 4 is 0 Å². The second-order valence-corrected chi connectivity index (χ2v) is 4.12. The van der Waals surface area contributed by atoms with E-state index in [9.17, 15) is 0 Å². The first-order chi connectivity index (χ1) is 4.98. The molecule has 0 aromatic rings. The van der Waals surface area contributed by atoms with Crippen LogP contribution in [0, 0.1) is 5.41 Å². The van der Waals surface area contributed by atoms with Gasteiger partial charge in [0.1, 0.15) is 0 Å². The first-order valence-corrected chi connectivity index (χ1v) is 4.32. The molecule has 0 rings (SSSR count). The molecule has 0 amide bonds. The minimum Gasteiger partial charge on any atom is -0.396 e. The minimum absolute atomic E-state index is 0.282. The van der Waals surface area contributed by atoms with Crippen LogP contribution in [-0.2, 0) is 0 Å². The molecule has 2 heteroatoms. The molecule has 0 fully saturated rings. The molecular formula is C9H21NO. The van der Waals surface area contributed by atoms with E-state index in [1.165, 1.54) is 0 Å². The third-order valence-electron chi connectivity index (χ3n) is 2.08. The van der Waals surface area contributed by atoms with Crippen molar-refractivity contribution < 1.29 is 5.11 Å². The molecule has 0 aliphatic rings. The third kappa shape index (κ3) is 5.22. The number of hydrogen-bond donors (Lipinski definition) is 2. The van der Waals surface area contributed by atoms with Crippen molar-refractivity contribution in [2.24, 2.45) is 5.41 Å². The zero-order valence-corrected chi connectivity index (χ0v) is 8.15. The normalized spacial score (nSPS) is 15.0. The fourth-order valence-corrected chi connectivity index (χ4v) is 0.704. The highest BCUT2D eigenvalue weighted by molar-refractivity contribution is 4.75. The second-order valence-electron chi connectivity index (χ2n) is 4.12. The van der Waals surface area contributed by atoms with E-state index < -0.39 is 0 Å². The molecule has 2 nitrogen and oxygen atoms in total. The fraction of sp³-hybridized carbons (Fsp3) is 1.00. The summed E-state index contributed by atoms with van der Waals surface area (Å²) < 4.78 is 0. The number of rotatable bonds is 4. The molecule has 0 bridgehead atoms. The topological polar surface area (TPSA) is 32.3 Å². The minimum atomic E-state index is 0.282. The van der Waals surface area contributed by atoms with E-state index in [0.717, 1.165) is 13.0 Å². The zero-order chi connectivity index (χ0) is 8.91. The van der Waals surface area contributed by atoms with E-state index in [2.05, 4.69) is 33.0 Å². The second kappa shape index (κ2) is 4.73. The summed E-state index contributed by atoms with van der Waals surface area (Å²) in [5, 5.41) is 11.9. The Kier molecular flexibility index (Phi) is 4.69. The molecule has 0 aliphatic heterocycles. The van der Waals surface area contributed by atoms with Gasteiger partial charge in [-0.1, -0.05) is 20.8 Å². The molecule has 1 atom stereocenters. The van der Waals surface area contributed by atoms with Crippen molar-refractivity contribution in [1.82, 2.24) is 5.32 Å². The standard InChI is InChI=1S/C9H21NO/c1-8(9(2,3)4)10-6-5-7-11/h8,10-11H,5-7H2,1-4H3. The molecule has 0 radical (unpaired) electrons. The highest BCUT2D eigenvalue weighted by Gasteiger charge is 2.18. The van der Waals surface area contributed by atoms with E-state index in [-0.39, 0.29) is 6.61 Å². The summed E-state index contributed by atoms with van der Waals surface area (Å²) in [5.74, 6) is 0. The van der Waals surface area contributed by atoms with E-state index in [4.69, 9.17) is 5.11 Å². The third-order valence-corrected chi connectivity index (χ3v) is 2.08. The van der Waals surface area contributed by atoms with Crippen LogP contribution in [0.15, 0.2) is 0 Å². The Morgan fingerprint density at radius 2 is 1.91 bits per heavy atom. The van der Waals surface area contributed by atoms with Crippen molar-refractivity contribution in [3.63, 3.8) is 0 Å². The molecular weight excluding hydrogens is 138 g/mol. The van der Waals surface area contributed by atoms with Gasteiger partial charge in [0, 0.05) is 12.6 Å². The first kappa shape index (κ1) is 10.9. The molecule has 0 heterocycles. The summed E-state index contributed by atoms with van der Waals surface area (Å²) in [6.45, 7) is 10.0. The van der Waals surface area contributed by atoms with Gasteiger partial charge < -0.3 is 10.4 Å². The molecule has 0 spiro atoms. The van der Waals surface area contributed by atoms with Crippen LogP contribution < -0.4 is 5.32 Å². The summed E-state index contributed by atoms with van der Waals surface area (Å²) in [4.78, 5) is 0. The van der Waals surface area contributed by atoms with Gasteiger partial charge in [-0.3, -0.25) is 0 Å². The monoisotopic (exact) mass is 159 g/mol. The van der Waals surface area contributed by atoms with Crippen LogP contribution in [-0.4, -0.2) is 24.3 Å². The number of hydrogen-bond acceptors (Lipinski definition) is 2. The Labute approximate surface area is 70.0 Å². The van der Waals surface area contributed by atoms with Gasteiger partial charge in [0.15, 0.2) is 0 Å². The molecule has 0 aliphatic carbocycles. The van der Waals surface area contributed by atoms with Crippen LogP contribution in [0.1, 0.15) is 34.1 Å². The fourth-order valence-electron chi connectivity index (χ4n) is 0.704. The van der Waals surface area contributed by atoms with Gasteiger partial charge in [0.25, 0.3) is 0 Å². The summed E-state index contributed by atoms with van der Waals surface area (Å²) in [7, 11) is 0. The lowest BCUT2D eigenvalue weighted by Crippen LogP contribution is -2.38. The molecule has 1 unspecified atom stereocenters. The molecule has 0 saturated heterocycles. The predicted molar refractivity (Wildman–Crippen MR) is 48.6 cm³/mol. The van der Waals surface area contributed by atoms with Gasteiger partial charge >= 0.3 is 0 Å². The van der Waals surface area contributed by atoms with Crippen LogP contribution in [0.5, 0.6) is 0 Å². The predicted octanol–water partition coefficient (Wildman–Crippen LogP) is 1.39. The number of aliphatic hydroxyl groups excluding tert-OH is 1. The van der Waals surface area contributed by atoms with Gasteiger partial charge in [-0.2, -0.15) is 0 Å². The van der Waals surface area contributed by atoms with Crippen molar-refractivity contribution in [2.75, 3.05) is 13.2 Å². The average Bonchev–Trinajstić information content (AvgIpc) is 1.86. The summed E-state index contributed by atoms with van der Waals surface area (Å²) in [5.41, 5.74) is 0.315. The van der Waals surface area contributed by atoms with E-state index >= 15 is 0 Å². The first-order valence-electron chi connectivity index (χ1n) is 4.32. The molecule has 2 N–H and O–H groups in total. The average molecular weight is 159 g/mol. The lowest BCUT2D eigenvalue weighted by molar-refractivity contribution is 0.257. The van der Waals surface area contributed by atoms with Gasteiger partial charge in [0.05, 0.1) is 0 Å². The molecule has 0 aromatic carbocycles. The Morgan fingerprint density at radius 3 is 2.27 bits per heavy atom. The largest absolute Gasteiger partial charge is 0.396 e. The van der Waals surface area contributed by atoms with Crippen molar-refractivity contribution in [3.8, 4) is 0 Å². The summed E-state index contributed by atoms with van der Waals surface area (Å²) >= 11 is 0. The number of nitrogens with one attached hydrogen (secondary N) is 1. The lowest BCUT2D eigenvalue weighted by atomic mass is 9.88. The van der Waals surface area contributed by atoms with E-state index in [1.807, 2.05) is 0 Å². The van der Waals surface area contributed by atoms with Gasteiger partial charge in [-0.25, -0.2) is 0 Å². The van der Waals surface area contributed by atoms with E-state index in [1.54, 1.807) is 0 Å². The molecule has 11 heavy (non-hydrogen) atoms. The maximum absolute atomic E-state index is 8.54. The molecule has 0 aromatic heterocycles. The van der Waals surface area contributed by atoms with Crippen molar-refractivity contribution in [3.05, 3.63) is 0 Å². The summed E-state index contributed by atoms with van der Waals surface area (Å²) in [6.07, 6.45) is 0.848. The maximum atomic E-state index is 8.54. The highest BCUT2D eigenvalue weighted by atomic mass is 16.3. The van der Waals surface area contributed by atoms with Crippen molar-refractivity contribution in [2.45, 2.75) is 40.2 Å². The van der Waals surface area contributed by atoms with Crippen LogP contribution in [0.2, 0.25) is 0 Å². The Balaban J connectivity index is 3.44. The SMILES string of the molecule is CC(NCCCO)C(C)(C)C. The molecule has 68 valence electrons. The van der Waals surface area contributed by atoms with Crippen LogP contribution in [0.4, 0.5) is 0 Å². The molecule has 0 saturated carbocycles. The van der Waals surface area contributed by atoms with Crippen LogP contribution >= 0.6 is 0 Å². The number of aliphatic hydroxyl groups is 1. The smallest absolute Gasteiger partial charge is 0.0443 e. The van der Waals surface area contributed by atoms with E-state index in [0.29, 0.717) is 11.5 Å². The van der Waals surface area contributed by atoms with Gasteiger partial charge in [0.2, 0.25) is 0 Å². The Hall–Kier alpha value is -0.0800. The van der Waals surface area contributed by atoms with Crippen LogP contribution in [0.25, 0.3) is 0 Å². The Morgan fingerprint density at radius 1 is 1.36 bits per heavy atom. The maximum Gasteiger partial charge on any atom is 0.0443 e.